The van der Waals surface area contributed by atoms with E-state index in [0.29, 0.717) is 13.0 Å². The minimum atomic E-state index is -1.48. The molecule has 0 spiro atoms. The van der Waals surface area contributed by atoms with E-state index >= 15 is 0 Å². The van der Waals surface area contributed by atoms with Gasteiger partial charge < -0.3 is 33.2 Å². The zero-order valence-corrected chi connectivity index (χ0v) is 31.4. The molecule has 5 rings (SSSR count). The number of benzene rings is 4. The molecule has 4 aromatic rings. The largest absolute Gasteiger partial charge is 0.459 e. The lowest BCUT2D eigenvalue weighted by Crippen LogP contribution is -2.63. The first-order valence-corrected chi connectivity index (χ1v) is 18.6. The highest BCUT2D eigenvalue weighted by molar-refractivity contribution is 5.91. The number of hydrogen-bond acceptors (Lipinski definition) is 11. The fraction of sp³-hybridized carbons (Fsp3) is 0.364. The molecule has 1 fully saturated rings. The fourth-order valence-corrected chi connectivity index (χ4v) is 5.69. The molecule has 5 atom stereocenters. The van der Waals surface area contributed by atoms with Gasteiger partial charge in [-0.3, -0.25) is 0 Å². The van der Waals surface area contributed by atoms with Gasteiger partial charge in [0, 0.05) is 13.2 Å². The third-order valence-corrected chi connectivity index (χ3v) is 9.15. The quantitative estimate of drug-likeness (QED) is 0.0564. The molecule has 0 radical (unpaired) electrons. The van der Waals surface area contributed by atoms with Crippen LogP contribution in [0.25, 0.3) is 0 Å². The highest BCUT2D eigenvalue weighted by Gasteiger charge is 2.53. The summed E-state index contributed by atoms with van der Waals surface area (Å²) in [5, 5.41) is 0. The fourth-order valence-electron chi connectivity index (χ4n) is 5.69. The molecule has 1 heterocycles. The standard InChI is InChI=1S/C44H48O11/c1-4-44(2,3)51-29-19-9-18-28-49-43-38(55-42(48)34-26-16-8-17-27-34)37(54-41(47)33-24-14-7-15-25-33)36(53-40(46)32-22-12-6-13-23-32)35(52-43)30-50-39(45)31-20-10-5-11-21-31/h5-8,10-17,20-27,35-38,43H,4,9,18-19,28-30H2,1-3H3/t35?,36-,37?,38?,43+/m0/s1. The van der Waals surface area contributed by atoms with Crippen molar-refractivity contribution in [3.8, 4) is 0 Å². The van der Waals surface area contributed by atoms with E-state index in [1.807, 2.05) is 13.8 Å². The predicted molar refractivity (Wildman–Crippen MR) is 202 cm³/mol. The van der Waals surface area contributed by atoms with E-state index in [1.165, 1.54) is 0 Å². The van der Waals surface area contributed by atoms with E-state index in [0.717, 1.165) is 19.3 Å². The Balaban J connectivity index is 1.46. The van der Waals surface area contributed by atoms with E-state index in [-0.39, 0.29) is 34.5 Å². The smallest absolute Gasteiger partial charge is 0.338 e. The summed E-state index contributed by atoms with van der Waals surface area (Å²) in [5.41, 5.74) is 0.707. The monoisotopic (exact) mass is 752 g/mol. The molecule has 11 nitrogen and oxygen atoms in total. The molecule has 11 heteroatoms. The molecular formula is C44H48O11. The van der Waals surface area contributed by atoms with Gasteiger partial charge in [-0.15, -0.1) is 0 Å². The first-order chi connectivity index (χ1) is 26.6. The predicted octanol–water partition coefficient (Wildman–Crippen LogP) is 7.64. The van der Waals surface area contributed by atoms with Crippen LogP contribution in [0.4, 0.5) is 0 Å². The molecule has 0 aliphatic carbocycles. The van der Waals surface area contributed by atoms with Crippen LogP contribution in [0.2, 0.25) is 0 Å². The molecule has 290 valence electrons. The molecule has 0 N–H and O–H groups in total. The van der Waals surface area contributed by atoms with Gasteiger partial charge >= 0.3 is 23.9 Å². The molecular weight excluding hydrogens is 704 g/mol. The number of esters is 4. The maximum Gasteiger partial charge on any atom is 0.338 e. The van der Waals surface area contributed by atoms with Crippen LogP contribution < -0.4 is 0 Å². The van der Waals surface area contributed by atoms with E-state index in [1.54, 1.807) is 121 Å². The van der Waals surface area contributed by atoms with E-state index in [9.17, 15) is 19.2 Å². The van der Waals surface area contributed by atoms with Crippen LogP contribution >= 0.6 is 0 Å². The van der Waals surface area contributed by atoms with Crippen molar-refractivity contribution in [2.24, 2.45) is 0 Å². The van der Waals surface area contributed by atoms with Crippen LogP contribution in [0.3, 0.4) is 0 Å². The Hall–Kier alpha value is -5.36. The lowest BCUT2D eigenvalue weighted by molar-refractivity contribution is -0.298. The Bertz CT molecular complexity index is 1800. The van der Waals surface area contributed by atoms with Gasteiger partial charge in [0.2, 0.25) is 0 Å². The third kappa shape index (κ3) is 12.1. The molecule has 0 aromatic heterocycles. The Morgan fingerprint density at radius 3 is 1.44 bits per heavy atom. The van der Waals surface area contributed by atoms with Gasteiger partial charge in [-0.05, 0) is 88.1 Å². The Kier molecular flexibility index (Phi) is 15.1. The molecule has 1 saturated heterocycles. The average Bonchev–Trinajstić information content (AvgIpc) is 3.22. The number of carbonyl (C=O) groups excluding carboxylic acids is 4. The Morgan fingerprint density at radius 1 is 0.545 bits per heavy atom. The van der Waals surface area contributed by atoms with Gasteiger partial charge in [-0.2, -0.15) is 0 Å². The van der Waals surface area contributed by atoms with E-state index in [2.05, 4.69) is 6.92 Å². The summed E-state index contributed by atoms with van der Waals surface area (Å²) >= 11 is 0. The highest BCUT2D eigenvalue weighted by atomic mass is 16.7. The molecule has 3 unspecified atom stereocenters. The SMILES string of the molecule is CCC(C)(C)OCCCCCO[C@@H]1OC(COC(=O)c2ccccc2)[C@H](OC(=O)c2ccccc2)C(OC(=O)c2ccccc2)C1OC(=O)c1ccccc1. The van der Waals surface area contributed by atoms with Crippen molar-refractivity contribution in [3.63, 3.8) is 0 Å². The summed E-state index contributed by atoms with van der Waals surface area (Å²) in [6.45, 7) is 6.50. The molecule has 0 saturated carbocycles. The first kappa shape index (κ1) is 40.8. The minimum Gasteiger partial charge on any atom is -0.459 e. The second-order valence-corrected chi connectivity index (χ2v) is 13.6. The summed E-state index contributed by atoms with van der Waals surface area (Å²) < 4.78 is 42.6. The molecule has 0 amide bonds. The van der Waals surface area contributed by atoms with E-state index in [4.69, 9.17) is 33.2 Å². The van der Waals surface area contributed by atoms with Crippen LogP contribution in [0, 0.1) is 0 Å². The Labute approximate surface area is 321 Å². The van der Waals surface area contributed by atoms with E-state index < -0.39 is 61.2 Å². The van der Waals surface area contributed by atoms with Gasteiger partial charge in [0.05, 0.1) is 27.9 Å². The maximum atomic E-state index is 13.8. The van der Waals surface area contributed by atoms with Gasteiger partial charge in [-0.1, -0.05) is 79.7 Å². The van der Waals surface area contributed by atoms with Gasteiger partial charge in [0.25, 0.3) is 0 Å². The first-order valence-electron chi connectivity index (χ1n) is 18.6. The summed E-state index contributed by atoms with van der Waals surface area (Å²) in [6, 6.07) is 33.1. The minimum absolute atomic E-state index is 0.172. The second-order valence-electron chi connectivity index (χ2n) is 13.6. The van der Waals surface area contributed by atoms with Crippen LogP contribution in [0.15, 0.2) is 121 Å². The molecule has 1 aliphatic heterocycles. The summed E-state index contributed by atoms with van der Waals surface area (Å²) in [7, 11) is 0. The highest BCUT2D eigenvalue weighted by Crippen LogP contribution is 2.32. The van der Waals surface area contributed by atoms with Crippen LogP contribution in [-0.4, -0.2) is 80.0 Å². The lowest BCUT2D eigenvalue weighted by Gasteiger charge is -2.44. The second kappa shape index (κ2) is 20.4. The number of ether oxygens (including phenoxy) is 7. The van der Waals surface area contributed by atoms with Gasteiger partial charge in [0.15, 0.2) is 24.6 Å². The van der Waals surface area contributed by atoms with Crippen molar-refractivity contribution < 1.29 is 52.3 Å². The third-order valence-electron chi connectivity index (χ3n) is 9.15. The number of hydrogen-bond donors (Lipinski definition) is 0. The van der Waals surface area contributed by atoms with Crippen molar-refractivity contribution in [2.75, 3.05) is 19.8 Å². The van der Waals surface area contributed by atoms with Crippen LogP contribution in [-0.2, 0) is 33.2 Å². The normalized spacial score (nSPS) is 19.5. The van der Waals surface area contributed by atoms with Crippen molar-refractivity contribution in [2.45, 2.75) is 82.8 Å². The van der Waals surface area contributed by atoms with Crippen molar-refractivity contribution in [1.29, 1.82) is 0 Å². The number of carbonyl (C=O) groups is 4. The van der Waals surface area contributed by atoms with Crippen LogP contribution in [0.1, 0.15) is 87.9 Å². The van der Waals surface area contributed by atoms with Gasteiger partial charge in [0.1, 0.15) is 12.7 Å². The number of unbranched alkanes of at least 4 members (excludes halogenated alkanes) is 2. The summed E-state index contributed by atoms with van der Waals surface area (Å²) in [6.07, 6.45) is -3.85. The zero-order chi connectivity index (χ0) is 39.0. The van der Waals surface area contributed by atoms with Crippen molar-refractivity contribution in [3.05, 3.63) is 144 Å². The lowest BCUT2D eigenvalue weighted by atomic mass is 9.97. The summed E-state index contributed by atoms with van der Waals surface area (Å²) in [5.74, 6) is -2.95. The van der Waals surface area contributed by atoms with Crippen LogP contribution in [0.5, 0.6) is 0 Å². The molecule has 55 heavy (non-hydrogen) atoms. The zero-order valence-electron chi connectivity index (χ0n) is 31.4. The summed E-state index contributed by atoms with van der Waals surface area (Å²) in [4.78, 5) is 54.2. The van der Waals surface area contributed by atoms with Gasteiger partial charge in [-0.25, -0.2) is 19.2 Å². The number of rotatable bonds is 18. The topological polar surface area (TPSA) is 133 Å². The molecule has 1 aliphatic rings. The van der Waals surface area contributed by atoms with Crippen molar-refractivity contribution in [1.82, 2.24) is 0 Å². The maximum absolute atomic E-state index is 13.8. The molecule has 4 aromatic carbocycles. The van der Waals surface area contributed by atoms with Crippen molar-refractivity contribution >= 4 is 23.9 Å². The average molecular weight is 753 g/mol. The Morgan fingerprint density at radius 2 is 0.964 bits per heavy atom. The molecule has 0 bridgehead atoms.